The number of anilines is 2. The van der Waals surface area contributed by atoms with Crippen LogP contribution in [0.25, 0.3) is 11.3 Å². The molecule has 1 aromatic heterocycles. The molecule has 0 spiro atoms. The van der Waals surface area contributed by atoms with Crippen molar-refractivity contribution in [3.63, 3.8) is 0 Å². The summed E-state index contributed by atoms with van der Waals surface area (Å²) in [5, 5.41) is 4.38. The zero-order valence-corrected chi connectivity index (χ0v) is 11.1. The van der Waals surface area contributed by atoms with E-state index >= 15 is 0 Å². The number of methoxy groups -OCH3 is 1. The van der Waals surface area contributed by atoms with Crippen molar-refractivity contribution in [1.29, 1.82) is 0 Å². The van der Waals surface area contributed by atoms with E-state index in [2.05, 4.69) is 5.10 Å². The topological polar surface area (TPSA) is 56.3 Å². The Labute approximate surface area is 107 Å². The second-order valence-electron chi connectivity index (χ2n) is 4.36. The highest BCUT2D eigenvalue weighted by Gasteiger charge is 2.12. The minimum Gasteiger partial charge on any atom is -0.496 e. The van der Waals surface area contributed by atoms with Gasteiger partial charge < -0.3 is 15.4 Å². The molecule has 0 aliphatic carbocycles. The van der Waals surface area contributed by atoms with Crippen molar-refractivity contribution in [2.24, 2.45) is 7.05 Å². The first-order valence-corrected chi connectivity index (χ1v) is 5.68. The third-order valence-corrected chi connectivity index (χ3v) is 2.89. The van der Waals surface area contributed by atoms with Gasteiger partial charge in [0.05, 0.1) is 12.8 Å². The Morgan fingerprint density at radius 1 is 1.28 bits per heavy atom. The van der Waals surface area contributed by atoms with Gasteiger partial charge >= 0.3 is 0 Å². The number of nitrogen functional groups attached to an aromatic ring is 1. The molecule has 0 atom stereocenters. The number of aromatic nitrogens is 2. The molecule has 2 rings (SSSR count). The SMILES string of the molecule is COc1ccc(N(C)C)cc1-c1cc(N)n(C)n1. The summed E-state index contributed by atoms with van der Waals surface area (Å²) in [5.74, 6) is 1.42. The summed E-state index contributed by atoms with van der Waals surface area (Å²) in [6, 6.07) is 7.84. The molecule has 2 N–H and O–H groups in total. The average molecular weight is 246 g/mol. The second-order valence-corrected chi connectivity index (χ2v) is 4.36. The summed E-state index contributed by atoms with van der Waals surface area (Å²) in [7, 11) is 7.47. The largest absolute Gasteiger partial charge is 0.496 e. The van der Waals surface area contributed by atoms with Crippen LogP contribution >= 0.6 is 0 Å². The highest BCUT2D eigenvalue weighted by molar-refractivity contribution is 5.73. The van der Waals surface area contributed by atoms with Crippen LogP contribution in [0.2, 0.25) is 0 Å². The highest BCUT2D eigenvalue weighted by Crippen LogP contribution is 2.33. The van der Waals surface area contributed by atoms with E-state index in [4.69, 9.17) is 10.5 Å². The van der Waals surface area contributed by atoms with E-state index in [9.17, 15) is 0 Å². The summed E-state index contributed by atoms with van der Waals surface area (Å²) in [5.41, 5.74) is 8.67. The van der Waals surface area contributed by atoms with Crippen LogP contribution in [-0.2, 0) is 7.05 Å². The van der Waals surface area contributed by atoms with Gasteiger partial charge in [-0.2, -0.15) is 5.10 Å². The van der Waals surface area contributed by atoms with Gasteiger partial charge in [-0.05, 0) is 18.2 Å². The molecule has 2 aromatic rings. The monoisotopic (exact) mass is 246 g/mol. The Morgan fingerprint density at radius 2 is 2.00 bits per heavy atom. The Kier molecular flexibility index (Phi) is 3.14. The lowest BCUT2D eigenvalue weighted by atomic mass is 10.1. The first kappa shape index (κ1) is 12.3. The molecule has 0 saturated heterocycles. The van der Waals surface area contributed by atoms with Gasteiger partial charge in [-0.3, -0.25) is 4.68 Å². The van der Waals surface area contributed by atoms with Crippen LogP contribution < -0.4 is 15.4 Å². The number of rotatable bonds is 3. The molecule has 18 heavy (non-hydrogen) atoms. The van der Waals surface area contributed by atoms with Gasteiger partial charge in [-0.15, -0.1) is 0 Å². The molecule has 0 amide bonds. The molecule has 1 aromatic carbocycles. The summed E-state index contributed by atoms with van der Waals surface area (Å²) in [4.78, 5) is 2.04. The van der Waals surface area contributed by atoms with Crippen LogP contribution in [-0.4, -0.2) is 31.0 Å². The lowest BCUT2D eigenvalue weighted by Gasteiger charge is -2.15. The molecule has 1 heterocycles. The van der Waals surface area contributed by atoms with E-state index in [1.54, 1.807) is 11.8 Å². The van der Waals surface area contributed by atoms with Gasteiger partial charge in [0.2, 0.25) is 0 Å². The number of nitrogens with zero attached hydrogens (tertiary/aromatic N) is 3. The summed E-state index contributed by atoms with van der Waals surface area (Å²) in [6.07, 6.45) is 0. The minimum atomic E-state index is 0.627. The lowest BCUT2D eigenvalue weighted by molar-refractivity contribution is 0.416. The number of ether oxygens (including phenoxy) is 1. The maximum Gasteiger partial charge on any atom is 0.128 e. The van der Waals surface area contributed by atoms with E-state index < -0.39 is 0 Å². The molecule has 0 saturated carbocycles. The van der Waals surface area contributed by atoms with Crippen LogP contribution in [0.4, 0.5) is 11.5 Å². The predicted molar refractivity (Wildman–Crippen MR) is 73.9 cm³/mol. The van der Waals surface area contributed by atoms with Crippen LogP contribution in [0.15, 0.2) is 24.3 Å². The van der Waals surface area contributed by atoms with Crippen molar-refractivity contribution in [2.45, 2.75) is 0 Å². The van der Waals surface area contributed by atoms with E-state index in [1.165, 1.54) is 0 Å². The van der Waals surface area contributed by atoms with Crippen LogP contribution in [0.5, 0.6) is 5.75 Å². The normalized spacial score (nSPS) is 10.4. The van der Waals surface area contributed by atoms with Crippen molar-refractivity contribution < 1.29 is 4.74 Å². The van der Waals surface area contributed by atoms with Crippen LogP contribution in [0.1, 0.15) is 0 Å². The van der Waals surface area contributed by atoms with E-state index in [-0.39, 0.29) is 0 Å². The van der Waals surface area contributed by atoms with Gasteiger partial charge in [0, 0.05) is 38.5 Å². The van der Waals surface area contributed by atoms with Crippen molar-refractivity contribution in [2.75, 3.05) is 31.8 Å². The number of aryl methyl sites for hydroxylation is 1. The summed E-state index contributed by atoms with van der Waals surface area (Å²) >= 11 is 0. The zero-order chi connectivity index (χ0) is 13.3. The Balaban J connectivity index is 2.56. The smallest absolute Gasteiger partial charge is 0.128 e. The number of benzene rings is 1. The van der Waals surface area contributed by atoms with Crippen LogP contribution in [0.3, 0.4) is 0 Å². The first-order chi connectivity index (χ1) is 8.52. The molecule has 5 nitrogen and oxygen atoms in total. The van der Waals surface area contributed by atoms with E-state index in [1.807, 2.05) is 50.3 Å². The Hall–Kier alpha value is -2.17. The quantitative estimate of drug-likeness (QED) is 0.896. The van der Waals surface area contributed by atoms with Crippen molar-refractivity contribution >= 4 is 11.5 Å². The number of hydrogen-bond acceptors (Lipinski definition) is 4. The maximum atomic E-state index is 5.82. The average Bonchev–Trinajstić information content (AvgIpc) is 2.68. The molecule has 0 fully saturated rings. The van der Waals surface area contributed by atoms with Gasteiger partial charge in [0.1, 0.15) is 11.6 Å². The number of hydrogen-bond donors (Lipinski definition) is 1. The summed E-state index contributed by atoms with van der Waals surface area (Å²) in [6.45, 7) is 0. The van der Waals surface area contributed by atoms with Gasteiger partial charge in [-0.25, -0.2) is 0 Å². The lowest BCUT2D eigenvalue weighted by Crippen LogP contribution is -2.08. The number of nitrogens with two attached hydrogens (primary N) is 1. The fraction of sp³-hybridized carbons (Fsp3) is 0.308. The summed E-state index contributed by atoms with van der Waals surface area (Å²) < 4.78 is 7.02. The maximum absolute atomic E-state index is 5.82. The molecule has 96 valence electrons. The van der Waals surface area contributed by atoms with Crippen molar-refractivity contribution in [3.8, 4) is 17.0 Å². The third-order valence-electron chi connectivity index (χ3n) is 2.89. The zero-order valence-electron chi connectivity index (χ0n) is 11.1. The fourth-order valence-corrected chi connectivity index (χ4v) is 1.79. The molecule has 0 aliphatic rings. The molecular formula is C13H18N4O. The Bertz CT molecular complexity index is 541. The van der Waals surface area contributed by atoms with E-state index in [0.29, 0.717) is 5.82 Å². The Morgan fingerprint density at radius 3 is 2.50 bits per heavy atom. The third kappa shape index (κ3) is 2.11. The fourth-order valence-electron chi connectivity index (χ4n) is 1.79. The van der Waals surface area contributed by atoms with E-state index in [0.717, 1.165) is 22.7 Å². The van der Waals surface area contributed by atoms with Gasteiger partial charge in [-0.1, -0.05) is 0 Å². The van der Waals surface area contributed by atoms with Crippen molar-refractivity contribution in [3.05, 3.63) is 24.3 Å². The van der Waals surface area contributed by atoms with Gasteiger partial charge in [0.15, 0.2) is 0 Å². The van der Waals surface area contributed by atoms with Crippen LogP contribution in [0, 0.1) is 0 Å². The highest BCUT2D eigenvalue weighted by atomic mass is 16.5. The first-order valence-electron chi connectivity index (χ1n) is 5.68. The second kappa shape index (κ2) is 4.60. The molecule has 0 radical (unpaired) electrons. The molecule has 0 unspecified atom stereocenters. The van der Waals surface area contributed by atoms with Gasteiger partial charge in [0.25, 0.3) is 0 Å². The molecule has 5 heteroatoms. The molecular weight excluding hydrogens is 228 g/mol. The molecule has 0 aliphatic heterocycles. The predicted octanol–water partition coefficient (Wildman–Crippen LogP) is 1.74. The molecule has 0 bridgehead atoms. The standard InChI is InChI=1S/C13H18N4O/c1-16(2)9-5-6-12(18-4)10(7-9)11-8-13(14)17(3)15-11/h5-8H,14H2,1-4H3. The van der Waals surface area contributed by atoms with Crippen molar-refractivity contribution in [1.82, 2.24) is 9.78 Å². The minimum absolute atomic E-state index is 0.627.